The van der Waals surface area contributed by atoms with Crippen LogP contribution in [0.3, 0.4) is 0 Å². The van der Waals surface area contributed by atoms with E-state index in [0.29, 0.717) is 16.7 Å². The molecule has 128 valence electrons. The van der Waals surface area contributed by atoms with Gasteiger partial charge in [0, 0.05) is 0 Å². The van der Waals surface area contributed by atoms with Gasteiger partial charge < -0.3 is 9.72 Å². The van der Waals surface area contributed by atoms with Gasteiger partial charge in [-0.2, -0.15) is 4.68 Å². The molecule has 2 N–H and O–H groups in total. The molecular formula is C18H17N3O3S. The van der Waals surface area contributed by atoms with Gasteiger partial charge in [-0.05, 0) is 61.5 Å². The fraction of sp³-hybridized carbons (Fsp3) is 0.167. The van der Waals surface area contributed by atoms with Crippen LogP contribution in [-0.2, 0) is 4.79 Å². The maximum absolute atomic E-state index is 12.5. The van der Waals surface area contributed by atoms with Crippen molar-refractivity contribution in [3.63, 3.8) is 0 Å². The highest BCUT2D eigenvalue weighted by molar-refractivity contribution is 7.71. The van der Waals surface area contributed by atoms with Crippen LogP contribution in [0.4, 0.5) is 0 Å². The topological polar surface area (TPSA) is 76.1 Å². The van der Waals surface area contributed by atoms with E-state index in [1.165, 1.54) is 0 Å². The predicted octanol–water partition coefficient (Wildman–Crippen LogP) is 2.83. The molecule has 3 rings (SSSR count). The van der Waals surface area contributed by atoms with Gasteiger partial charge in [0.15, 0.2) is 11.4 Å². The molecule has 0 unspecified atom stereocenters. The number of nitrogens with zero attached hydrogens (tertiary/aromatic N) is 1. The number of aromatic nitrogens is 2. The lowest BCUT2D eigenvalue weighted by molar-refractivity contribution is -0.119. The van der Waals surface area contributed by atoms with Gasteiger partial charge in [-0.1, -0.05) is 18.2 Å². The maximum atomic E-state index is 12.5. The van der Waals surface area contributed by atoms with E-state index in [2.05, 4.69) is 10.4 Å². The van der Waals surface area contributed by atoms with Crippen LogP contribution in [0.2, 0.25) is 0 Å². The summed E-state index contributed by atoms with van der Waals surface area (Å²) in [6.07, 6.45) is 0. The first kappa shape index (κ1) is 16.9. The van der Waals surface area contributed by atoms with Gasteiger partial charge >= 0.3 is 0 Å². The SMILES string of the molecule is Cc1cc(C)cc(OCC(=O)Nn2c(=S)[nH]c3ccccc3c2=O)c1. The minimum Gasteiger partial charge on any atom is -0.484 e. The van der Waals surface area contributed by atoms with Crippen molar-refractivity contribution in [2.45, 2.75) is 13.8 Å². The second kappa shape index (κ2) is 6.90. The number of para-hydroxylation sites is 1. The van der Waals surface area contributed by atoms with Crippen molar-refractivity contribution in [2.24, 2.45) is 0 Å². The molecule has 0 aliphatic rings. The molecule has 1 aromatic heterocycles. The molecule has 0 aliphatic carbocycles. The van der Waals surface area contributed by atoms with Crippen LogP contribution in [-0.4, -0.2) is 22.2 Å². The number of nitrogens with one attached hydrogen (secondary N) is 2. The third-order valence-corrected chi connectivity index (χ3v) is 3.89. The average Bonchev–Trinajstić information content (AvgIpc) is 2.56. The molecule has 0 bridgehead atoms. The van der Waals surface area contributed by atoms with E-state index in [4.69, 9.17) is 17.0 Å². The minimum atomic E-state index is -0.476. The lowest BCUT2D eigenvalue weighted by Crippen LogP contribution is -2.36. The monoisotopic (exact) mass is 355 g/mol. The zero-order valence-electron chi connectivity index (χ0n) is 13.8. The van der Waals surface area contributed by atoms with Crippen LogP contribution in [0.1, 0.15) is 11.1 Å². The number of carbonyl (C=O) groups is 1. The second-order valence-corrected chi connectivity index (χ2v) is 6.15. The maximum Gasteiger partial charge on any atom is 0.281 e. The van der Waals surface area contributed by atoms with E-state index in [1.807, 2.05) is 32.0 Å². The standard InChI is InChI=1S/C18H17N3O3S/c1-11-7-12(2)9-13(8-11)24-10-16(22)20-21-17(23)14-5-3-4-6-15(14)19-18(21)25/h3-9H,10H2,1-2H3,(H,19,25)(H,20,22). The Balaban J connectivity index is 1.78. The van der Waals surface area contributed by atoms with Crippen LogP contribution in [0.25, 0.3) is 10.9 Å². The van der Waals surface area contributed by atoms with E-state index in [9.17, 15) is 9.59 Å². The van der Waals surface area contributed by atoms with Crippen molar-refractivity contribution in [3.05, 3.63) is 68.7 Å². The Labute approximate surface area is 149 Å². The summed E-state index contributed by atoms with van der Waals surface area (Å²) in [6.45, 7) is 3.68. The number of rotatable bonds is 4. The first-order valence-electron chi connectivity index (χ1n) is 7.69. The van der Waals surface area contributed by atoms with Gasteiger partial charge in [-0.25, -0.2) is 0 Å². The zero-order valence-corrected chi connectivity index (χ0v) is 14.6. The normalized spacial score (nSPS) is 10.6. The molecule has 1 amide bonds. The zero-order chi connectivity index (χ0) is 18.0. The largest absolute Gasteiger partial charge is 0.484 e. The summed E-state index contributed by atoms with van der Waals surface area (Å²) in [7, 11) is 0. The number of H-pyrrole nitrogens is 1. The molecule has 1 heterocycles. The molecule has 0 saturated carbocycles. The molecule has 0 radical (unpaired) electrons. The Bertz CT molecular complexity index is 1050. The van der Waals surface area contributed by atoms with Gasteiger partial charge in [-0.15, -0.1) is 0 Å². The molecule has 0 atom stereocenters. The summed E-state index contributed by atoms with van der Waals surface area (Å²) < 4.78 is 6.63. The number of fused-ring (bicyclic) bond motifs is 1. The van der Waals surface area contributed by atoms with Crippen molar-refractivity contribution < 1.29 is 9.53 Å². The Morgan fingerprint density at radius 3 is 2.60 bits per heavy atom. The number of aromatic amines is 1. The summed E-state index contributed by atoms with van der Waals surface area (Å²) in [5, 5.41) is 0.437. The van der Waals surface area contributed by atoms with Crippen LogP contribution in [0, 0.1) is 18.6 Å². The summed E-state index contributed by atoms with van der Waals surface area (Å²) in [4.78, 5) is 27.5. The smallest absolute Gasteiger partial charge is 0.281 e. The van der Waals surface area contributed by atoms with E-state index in [-0.39, 0.29) is 16.9 Å². The van der Waals surface area contributed by atoms with Gasteiger partial charge in [0.05, 0.1) is 10.9 Å². The minimum absolute atomic E-state index is 0.114. The highest BCUT2D eigenvalue weighted by Crippen LogP contribution is 2.16. The first-order chi connectivity index (χ1) is 11.9. The van der Waals surface area contributed by atoms with Crippen molar-refractivity contribution >= 4 is 29.0 Å². The number of hydrogen-bond donors (Lipinski definition) is 2. The highest BCUT2D eigenvalue weighted by Gasteiger charge is 2.09. The van der Waals surface area contributed by atoms with Crippen molar-refractivity contribution in [3.8, 4) is 5.75 Å². The fourth-order valence-corrected chi connectivity index (χ4v) is 2.82. The lowest BCUT2D eigenvalue weighted by Gasteiger charge is -2.11. The Morgan fingerprint density at radius 1 is 1.20 bits per heavy atom. The second-order valence-electron chi connectivity index (χ2n) is 5.76. The van der Waals surface area contributed by atoms with E-state index >= 15 is 0 Å². The molecule has 2 aromatic carbocycles. The molecule has 25 heavy (non-hydrogen) atoms. The summed E-state index contributed by atoms with van der Waals surface area (Å²) in [5.41, 5.74) is 4.80. The van der Waals surface area contributed by atoms with Crippen LogP contribution in [0.5, 0.6) is 5.75 Å². The van der Waals surface area contributed by atoms with E-state index in [0.717, 1.165) is 15.8 Å². The van der Waals surface area contributed by atoms with Crippen LogP contribution in [0.15, 0.2) is 47.3 Å². The number of benzene rings is 2. The van der Waals surface area contributed by atoms with E-state index < -0.39 is 5.91 Å². The third-order valence-electron chi connectivity index (χ3n) is 3.61. The number of aryl methyl sites for hydroxylation is 2. The highest BCUT2D eigenvalue weighted by atomic mass is 32.1. The molecule has 0 aliphatic heterocycles. The van der Waals surface area contributed by atoms with Gasteiger partial charge in [0.25, 0.3) is 11.5 Å². The number of carbonyl (C=O) groups excluding carboxylic acids is 1. The lowest BCUT2D eigenvalue weighted by atomic mass is 10.1. The number of hydrogen-bond acceptors (Lipinski definition) is 4. The Kier molecular flexibility index (Phi) is 4.67. The van der Waals surface area contributed by atoms with Crippen LogP contribution < -0.4 is 15.7 Å². The molecule has 6 nitrogen and oxygen atoms in total. The Morgan fingerprint density at radius 2 is 1.88 bits per heavy atom. The van der Waals surface area contributed by atoms with Crippen molar-refractivity contribution in [1.82, 2.24) is 9.66 Å². The molecular weight excluding hydrogens is 338 g/mol. The molecule has 0 saturated heterocycles. The van der Waals surface area contributed by atoms with Crippen molar-refractivity contribution in [2.75, 3.05) is 12.0 Å². The summed E-state index contributed by atoms with van der Waals surface area (Å²) in [6, 6.07) is 12.7. The molecule has 7 heteroatoms. The van der Waals surface area contributed by atoms with Crippen LogP contribution >= 0.6 is 12.2 Å². The predicted molar refractivity (Wildman–Crippen MR) is 99.2 cm³/mol. The fourth-order valence-electron chi connectivity index (χ4n) is 2.59. The number of ether oxygens (including phenoxy) is 1. The average molecular weight is 355 g/mol. The summed E-state index contributed by atoms with van der Waals surface area (Å²) in [5.74, 6) is 0.125. The third kappa shape index (κ3) is 3.77. The Hall–Kier alpha value is -2.93. The van der Waals surface area contributed by atoms with Crippen molar-refractivity contribution in [1.29, 1.82) is 0 Å². The molecule has 0 fully saturated rings. The first-order valence-corrected chi connectivity index (χ1v) is 8.10. The van der Waals surface area contributed by atoms with Gasteiger partial charge in [0.1, 0.15) is 5.75 Å². The number of amides is 1. The summed E-state index contributed by atoms with van der Waals surface area (Å²) >= 11 is 5.15. The van der Waals surface area contributed by atoms with E-state index in [1.54, 1.807) is 24.3 Å². The van der Waals surface area contributed by atoms with Gasteiger partial charge in [-0.3, -0.25) is 15.0 Å². The van der Waals surface area contributed by atoms with Gasteiger partial charge in [0.2, 0.25) is 0 Å². The molecule has 0 spiro atoms. The quantitative estimate of drug-likeness (QED) is 0.706. The molecule has 3 aromatic rings.